The zero-order valence-corrected chi connectivity index (χ0v) is 46.5. The van der Waals surface area contributed by atoms with Gasteiger partial charge in [0.15, 0.2) is 47.4 Å². The van der Waals surface area contributed by atoms with Crippen LogP contribution in [0.5, 0.6) is 0 Å². The molecule has 8 atom stereocenters. The number of rotatable bonds is 8. The Hall–Kier alpha value is -8.50. The summed E-state index contributed by atoms with van der Waals surface area (Å²) < 4.78 is 63.3. The van der Waals surface area contributed by atoms with E-state index in [0.717, 1.165) is 22.3 Å². The van der Waals surface area contributed by atoms with Crippen molar-refractivity contribution in [3.8, 4) is 0 Å². The van der Waals surface area contributed by atoms with Crippen molar-refractivity contribution in [2.24, 2.45) is 30.0 Å². The molecule has 4 N–H and O–H groups in total. The Morgan fingerprint density at radius 3 is 1.27 bits per heavy atom. The minimum absolute atomic E-state index is 0.0950. The fraction of sp³-hybridized carbons (Fsp3) is 0.310. The fourth-order valence-electron chi connectivity index (χ4n) is 12.7. The van der Waals surface area contributed by atoms with Crippen molar-refractivity contribution < 1.29 is 37.3 Å². The largest absolute Gasteiger partial charge is 0.603 e. The van der Waals surface area contributed by atoms with Crippen molar-refractivity contribution in [3.05, 3.63) is 175 Å². The van der Waals surface area contributed by atoms with Gasteiger partial charge in [-0.15, -0.1) is 0 Å². The van der Waals surface area contributed by atoms with Crippen LogP contribution in [0, 0.1) is 13.8 Å². The van der Waals surface area contributed by atoms with Gasteiger partial charge in [0.25, 0.3) is 0 Å². The van der Waals surface area contributed by atoms with E-state index in [1.165, 1.54) is 9.13 Å². The average Bonchev–Trinajstić information content (AvgIpc) is 1.85. The summed E-state index contributed by atoms with van der Waals surface area (Å²) in [6, 6.07) is 31.3. The van der Waals surface area contributed by atoms with Crippen molar-refractivity contribution >= 4 is 77.0 Å². The number of amidine groups is 4. The van der Waals surface area contributed by atoms with Crippen molar-refractivity contribution in [1.29, 1.82) is 0 Å². The highest BCUT2D eigenvalue weighted by atomic mass is 28.4. The minimum atomic E-state index is -4.99. The molecule has 12 heterocycles. The minimum Gasteiger partial charge on any atom is -0.383 e. The molecule has 418 valence electrons. The number of ether oxygens (including phenoxy) is 6. The Kier molecular flexibility index (Phi) is 10.7. The van der Waals surface area contributed by atoms with Crippen LogP contribution in [0.3, 0.4) is 0 Å². The highest BCUT2D eigenvalue weighted by molar-refractivity contribution is 6.66. The number of hydrogen-bond acceptors (Lipinski definition) is 20. The van der Waals surface area contributed by atoms with Gasteiger partial charge in [-0.05, 0) is 41.5 Å². The predicted octanol–water partition coefficient (Wildman–Crippen LogP) is 4.53. The van der Waals surface area contributed by atoms with Crippen molar-refractivity contribution in [1.82, 2.24) is 27.6 Å². The van der Waals surface area contributed by atoms with Crippen LogP contribution in [0.25, 0.3) is 21.5 Å². The third kappa shape index (κ3) is 7.52. The van der Waals surface area contributed by atoms with Crippen molar-refractivity contribution in [2.45, 2.75) is 102 Å². The second-order valence-corrected chi connectivity index (χ2v) is 25.1. The Morgan fingerprint density at radius 1 is 0.494 bits per heavy atom. The molecule has 0 aliphatic carbocycles. The second-order valence-electron chi connectivity index (χ2n) is 22.5. The molecule has 16 rings (SSSR count). The van der Waals surface area contributed by atoms with Gasteiger partial charge < -0.3 is 48.7 Å². The number of nitrogens with two attached hydrogens (primary N) is 2. The molecule has 83 heavy (non-hydrogen) atoms. The maximum absolute atomic E-state index is 13.8. The van der Waals surface area contributed by atoms with Crippen LogP contribution in [0.4, 0.5) is 23.3 Å². The molecule has 0 amide bonds. The summed E-state index contributed by atoms with van der Waals surface area (Å²) in [5.41, 5.74) is 16.0. The van der Waals surface area contributed by atoms with Crippen LogP contribution in [0.2, 0.25) is 0 Å². The van der Waals surface area contributed by atoms with Crippen LogP contribution in [0.15, 0.2) is 149 Å². The van der Waals surface area contributed by atoms with Crippen molar-refractivity contribution in [3.63, 3.8) is 0 Å². The molecule has 24 nitrogen and oxygen atoms in total. The first-order chi connectivity index (χ1) is 40.0. The smallest absolute Gasteiger partial charge is 0.383 e. The monoisotopic (exact) mass is 1130 g/mol. The van der Waals surface area contributed by atoms with E-state index < -0.39 is 80.9 Å². The molecule has 0 radical (unpaired) electrons. The summed E-state index contributed by atoms with van der Waals surface area (Å²) in [4.78, 5) is 68.7. The molecule has 8 aliphatic rings. The number of aryl methyl sites for hydroxylation is 2. The zero-order valence-electron chi connectivity index (χ0n) is 45.5. The van der Waals surface area contributed by atoms with Gasteiger partial charge in [-0.25, -0.2) is 39.5 Å². The third-order valence-electron chi connectivity index (χ3n) is 16.3. The number of nitrogen functional groups attached to an aromatic ring is 2. The Labute approximate surface area is 471 Å². The van der Waals surface area contributed by atoms with E-state index in [2.05, 4.69) is 9.97 Å². The molecule has 6 bridgehead atoms. The topological polar surface area (TPSA) is 280 Å². The second kappa shape index (κ2) is 17.8. The van der Waals surface area contributed by atoms with Crippen molar-refractivity contribution in [2.75, 3.05) is 24.7 Å². The van der Waals surface area contributed by atoms with Crippen LogP contribution in [-0.2, 0) is 37.3 Å². The quantitative estimate of drug-likeness (QED) is 0.198. The molecule has 4 aromatic heterocycles. The molecular formula is C58H52N14O10Si. The Bertz CT molecular complexity index is 4300. The number of anilines is 2. The number of nitrogens with zero attached hydrogens (tertiary/aromatic N) is 12. The highest BCUT2D eigenvalue weighted by Gasteiger charge is 2.61. The molecular weight excluding hydrogens is 1080 g/mol. The molecule has 4 fully saturated rings. The molecule has 0 spiro atoms. The first kappa shape index (κ1) is 50.2. The van der Waals surface area contributed by atoms with E-state index >= 15 is 0 Å². The van der Waals surface area contributed by atoms with E-state index in [1.54, 1.807) is 26.2 Å². The molecule has 4 saturated heterocycles. The molecule has 4 aromatic carbocycles. The van der Waals surface area contributed by atoms with E-state index in [-0.39, 0.29) is 24.8 Å². The van der Waals surface area contributed by atoms with E-state index in [0.29, 0.717) is 78.6 Å². The normalized spacial score (nSPS) is 27.3. The van der Waals surface area contributed by atoms with E-state index in [4.69, 9.17) is 78.7 Å². The summed E-state index contributed by atoms with van der Waals surface area (Å²) in [6.07, 6.45) is -4.05. The van der Waals surface area contributed by atoms with Crippen LogP contribution >= 0.6 is 0 Å². The fourth-order valence-corrected chi connectivity index (χ4v) is 16.0. The third-order valence-corrected chi connectivity index (χ3v) is 19.4. The lowest BCUT2D eigenvalue weighted by molar-refractivity contribution is -0.202. The molecule has 4 unspecified atom stereocenters. The van der Waals surface area contributed by atoms with Gasteiger partial charge in [0.1, 0.15) is 70.9 Å². The Morgan fingerprint density at radius 2 is 0.855 bits per heavy atom. The molecule has 25 heteroatoms. The van der Waals surface area contributed by atoms with Gasteiger partial charge >= 0.3 is 20.3 Å². The van der Waals surface area contributed by atoms with Crippen LogP contribution in [-0.4, -0.2) is 121 Å². The van der Waals surface area contributed by atoms with Gasteiger partial charge in [-0.2, -0.15) is 9.97 Å². The summed E-state index contributed by atoms with van der Waals surface area (Å²) in [7, 11) is -4.99. The van der Waals surface area contributed by atoms with E-state index in [1.807, 2.05) is 133 Å². The lowest BCUT2D eigenvalue weighted by atomic mass is 10.1. The van der Waals surface area contributed by atoms with Crippen LogP contribution in [0.1, 0.15) is 73.5 Å². The SMILES string of the molecule is Cc1cn([C@@H]2O[C@H](CO[Si]3(OC[C@H]4O[C@@H](n5cc(C)c(N)nc5=O)C5OC(C)(C)OC54)n4c5c6ccccc6c4N=C4N=C(N=c6c7ccccc7c(n63)=NC3=NC(=N5)c5ccccc53)c3ccccc34)C3OC(C)(C)OC32)c(=O)nc1N. The van der Waals surface area contributed by atoms with E-state index in [9.17, 15) is 9.59 Å². The molecule has 8 aliphatic heterocycles. The van der Waals surface area contributed by atoms with Gasteiger partial charge in [0.05, 0.1) is 13.2 Å². The summed E-state index contributed by atoms with van der Waals surface area (Å²) in [6.45, 7) is 10.2. The molecule has 0 saturated carbocycles. The first-order valence-electron chi connectivity index (χ1n) is 27.3. The number of aliphatic imine (C=N–C) groups is 4. The number of benzene rings is 4. The lowest BCUT2D eigenvalue weighted by Gasteiger charge is -2.35. The number of aromatic nitrogens is 6. The zero-order chi connectivity index (χ0) is 56.6. The van der Waals surface area contributed by atoms with Crippen LogP contribution < -0.4 is 33.8 Å². The maximum Gasteiger partial charge on any atom is 0.603 e. The lowest BCUT2D eigenvalue weighted by Crippen LogP contribution is -2.65. The first-order valence-corrected chi connectivity index (χ1v) is 29.0. The van der Waals surface area contributed by atoms with Gasteiger partial charge in [0.2, 0.25) is 0 Å². The molecule has 8 aromatic rings. The maximum atomic E-state index is 13.8. The summed E-state index contributed by atoms with van der Waals surface area (Å²) in [5.74, 6) is 0.275. The standard InChI is InChI=1S/C58H52N14O10Si/c1-27-23-69(55(73)61-43(27)59)53-41-39(79-57(3,4)81-41)37(77-53)25-75-83(76-26-38-40-42(82-58(5,6)80-40)54(78-38)70-24-28(2)44(60)62-56(70)74)71-49-33-19-11-12-20-34(33)51(71)67-47-31-17-9-10-18-32(31)48(64-47)68-52-36-22-14-13-21-35(36)50(72(52)83)66-46-30-16-8-7-15-29(30)45(63-46)65-49/h7-24,37-42,53-54H,25-26H2,1-6H3,(H2,59,61,73)(H2,60,62,74)/t37-,38-,39?,40?,41?,42?,53-,54-,83?/m1/s1. The summed E-state index contributed by atoms with van der Waals surface area (Å²) in [5, 5.41) is 2.73. The van der Waals surface area contributed by atoms with Gasteiger partial charge in [-0.3, -0.25) is 17.6 Å². The van der Waals surface area contributed by atoms with Gasteiger partial charge in [-0.1, -0.05) is 97.1 Å². The summed E-state index contributed by atoms with van der Waals surface area (Å²) >= 11 is 0. The average molecular weight is 1130 g/mol. The number of hydrogen-bond donors (Lipinski definition) is 2. The Balaban J connectivity index is 0.989. The van der Waals surface area contributed by atoms with Gasteiger partial charge in [0, 0.05) is 67.3 Å². The number of fused-ring (bicyclic) bond motifs is 16. The highest BCUT2D eigenvalue weighted by Crippen LogP contribution is 2.48. The predicted molar refractivity (Wildman–Crippen MR) is 304 cm³/mol.